The number of rotatable bonds is 3. The molecule has 102 valence electrons. The summed E-state index contributed by atoms with van der Waals surface area (Å²) >= 11 is 0. The van der Waals surface area contributed by atoms with Gasteiger partial charge in [0.15, 0.2) is 11.5 Å². The summed E-state index contributed by atoms with van der Waals surface area (Å²) in [5.41, 5.74) is 6.08. The number of benzene rings is 1. The average molecular weight is 274 g/mol. The number of aromatic nitrogens is 1. The number of nitrogens with two attached hydrogens (primary N) is 1. The number of fused-ring (bicyclic) bond motifs is 1. The van der Waals surface area contributed by atoms with E-state index in [1.165, 1.54) is 12.1 Å². The van der Waals surface area contributed by atoms with E-state index in [4.69, 9.17) is 15.2 Å². The van der Waals surface area contributed by atoms with Gasteiger partial charge in [0, 0.05) is 11.8 Å². The van der Waals surface area contributed by atoms with E-state index in [9.17, 15) is 10.1 Å². The number of nitrogen functional groups attached to an aromatic ring is 1. The van der Waals surface area contributed by atoms with Crippen molar-refractivity contribution in [2.24, 2.45) is 0 Å². The van der Waals surface area contributed by atoms with E-state index in [2.05, 4.69) is 10.3 Å². The molecule has 0 saturated carbocycles. The number of pyridine rings is 1. The Morgan fingerprint density at radius 1 is 1.25 bits per heavy atom. The van der Waals surface area contributed by atoms with Crippen LogP contribution in [0.5, 0.6) is 11.5 Å². The maximum Gasteiger partial charge on any atom is 0.276 e. The van der Waals surface area contributed by atoms with Crippen LogP contribution in [0.4, 0.5) is 23.0 Å². The van der Waals surface area contributed by atoms with Crippen molar-refractivity contribution < 1.29 is 14.4 Å². The van der Waals surface area contributed by atoms with E-state index < -0.39 is 4.92 Å². The molecule has 0 atom stereocenters. The fraction of sp³-hybridized carbons (Fsp3) is 0.0833. The Morgan fingerprint density at radius 3 is 2.85 bits per heavy atom. The topological polar surface area (TPSA) is 113 Å². The second kappa shape index (κ2) is 4.57. The van der Waals surface area contributed by atoms with E-state index >= 15 is 0 Å². The second-order valence-electron chi connectivity index (χ2n) is 4.09. The van der Waals surface area contributed by atoms with E-state index in [1.54, 1.807) is 18.2 Å². The molecule has 8 heteroatoms. The van der Waals surface area contributed by atoms with Gasteiger partial charge in [-0.3, -0.25) is 10.1 Å². The molecule has 20 heavy (non-hydrogen) atoms. The number of hydrogen-bond donors (Lipinski definition) is 2. The summed E-state index contributed by atoms with van der Waals surface area (Å²) < 4.78 is 10.4. The molecule has 0 radical (unpaired) electrons. The SMILES string of the molecule is Nc1cc([N+](=O)[O-])cc(Nc2ccc3c(c2)OCO3)n1. The molecule has 0 unspecified atom stereocenters. The zero-order valence-electron chi connectivity index (χ0n) is 10.2. The number of nitrogens with one attached hydrogen (secondary N) is 1. The number of ether oxygens (including phenoxy) is 2. The average Bonchev–Trinajstić information content (AvgIpc) is 2.85. The fourth-order valence-corrected chi connectivity index (χ4v) is 1.83. The van der Waals surface area contributed by atoms with Gasteiger partial charge in [0.1, 0.15) is 11.6 Å². The third-order valence-corrected chi connectivity index (χ3v) is 2.69. The Morgan fingerprint density at radius 2 is 2.05 bits per heavy atom. The zero-order chi connectivity index (χ0) is 14.1. The van der Waals surface area contributed by atoms with Crippen LogP contribution >= 0.6 is 0 Å². The van der Waals surface area contributed by atoms with Crippen LogP contribution in [0, 0.1) is 10.1 Å². The second-order valence-corrected chi connectivity index (χ2v) is 4.09. The van der Waals surface area contributed by atoms with Crippen LogP contribution in [-0.2, 0) is 0 Å². The first kappa shape index (κ1) is 12.0. The molecule has 0 amide bonds. The molecule has 1 aliphatic heterocycles. The summed E-state index contributed by atoms with van der Waals surface area (Å²) in [7, 11) is 0. The van der Waals surface area contributed by atoms with E-state index in [0.29, 0.717) is 17.2 Å². The van der Waals surface area contributed by atoms with E-state index in [0.717, 1.165) is 0 Å². The van der Waals surface area contributed by atoms with E-state index in [-0.39, 0.29) is 24.1 Å². The smallest absolute Gasteiger partial charge is 0.276 e. The summed E-state index contributed by atoms with van der Waals surface area (Å²) in [4.78, 5) is 14.2. The zero-order valence-corrected chi connectivity index (χ0v) is 10.2. The lowest BCUT2D eigenvalue weighted by molar-refractivity contribution is -0.384. The number of nitro groups is 1. The first-order chi connectivity index (χ1) is 9.61. The van der Waals surface area contributed by atoms with Crippen molar-refractivity contribution in [3.8, 4) is 11.5 Å². The van der Waals surface area contributed by atoms with Gasteiger partial charge in [0.05, 0.1) is 17.1 Å². The highest BCUT2D eigenvalue weighted by Gasteiger charge is 2.14. The summed E-state index contributed by atoms with van der Waals surface area (Å²) in [5.74, 6) is 1.62. The highest BCUT2D eigenvalue weighted by atomic mass is 16.7. The van der Waals surface area contributed by atoms with Gasteiger partial charge >= 0.3 is 0 Å². The summed E-state index contributed by atoms with van der Waals surface area (Å²) in [6.07, 6.45) is 0. The maximum atomic E-state index is 10.8. The maximum absolute atomic E-state index is 10.8. The Kier molecular flexibility index (Phi) is 2.75. The van der Waals surface area contributed by atoms with Crippen LogP contribution in [0.1, 0.15) is 0 Å². The highest BCUT2D eigenvalue weighted by Crippen LogP contribution is 2.35. The van der Waals surface area contributed by atoms with Crippen LogP contribution in [0.25, 0.3) is 0 Å². The van der Waals surface area contributed by atoms with Gasteiger partial charge in [-0.1, -0.05) is 0 Å². The van der Waals surface area contributed by atoms with Gasteiger partial charge in [0.2, 0.25) is 6.79 Å². The molecule has 1 aliphatic rings. The fourth-order valence-electron chi connectivity index (χ4n) is 1.83. The summed E-state index contributed by atoms with van der Waals surface area (Å²) in [6, 6.07) is 7.72. The standard InChI is InChI=1S/C12H10N4O4/c13-11-4-8(16(17)18)5-12(15-11)14-7-1-2-9-10(3-7)20-6-19-9/h1-5H,6H2,(H3,13,14,15). The molecular weight excluding hydrogens is 264 g/mol. The lowest BCUT2D eigenvalue weighted by atomic mass is 10.2. The lowest BCUT2D eigenvalue weighted by Crippen LogP contribution is -1.99. The lowest BCUT2D eigenvalue weighted by Gasteiger charge is -2.07. The van der Waals surface area contributed by atoms with Crippen LogP contribution in [0.15, 0.2) is 30.3 Å². The van der Waals surface area contributed by atoms with Gasteiger partial charge < -0.3 is 20.5 Å². The molecule has 2 aromatic rings. The van der Waals surface area contributed by atoms with Crippen molar-refractivity contribution in [1.82, 2.24) is 4.98 Å². The molecule has 0 spiro atoms. The molecule has 0 saturated heterocycles. The predicted octanol–water partition coefficient (Wildman–Crippen LogP) is 2.04. The normalized spacial score (nSPS) is 12.2. The summed E-state index contributed by atoms with van der Waals surface area (Å²) in [6.45, 7) is 0.181. The number of nitrogens with zero attached hydrogens (tertiary/aromatic N) is 2. The van der Waals surface area contributed by atoms with Crippen molar-refractivity contribution >= 4 is 23.0 Å². The van der Waals surface area contributed by atoms with Crippen LogP contribution < -0.4 is 20.5 Å². The van der Waals surface area contributed by atoms with Crippen molar-refractivity contribution in [3.63, 3.8) is 0 Å². The molecule has 2 heterocycles. The monoisotopic (exact) mass is 274 g/mol. The van der Waals surface area contributed by atoms with Crippen molar-refractivity contribution in [2.45, 2.75) is 0 Å². The first-order valence-electron chi connectivity index (χ1n) is 5.70. The third kappa shape index (κ3) is 2.26. The predicted molar refractivity (Wildman–Crippen MR) is 71.2 cm³/mol. The minimum Gasteiger partial charge on any atom is -0.454 e. The van der Waals surface area contributed by atoms with Crippen LogP contribution in [0.2, 0.25) is 0 Å². The molecule has 0 bridgehead atoms. The van der Waals surface area contributed by atoms with Gasteiger partial charge in [-0.25, -0.2) is 4.98 Å². The van der Waals surface area contributed by atoms with E-state index in [1.807, 2.05) is 0 Å². The first-order valence-corrected chi connectivity index (χ1v) is 5.70. The molecule has 3 rings (SSSR count). The Labute approximate surface area is 113 Å². The molecular formula is C12H10N4O4. The molecule has 0 aliphatic carbocycles. The van der Waals surface area contributed by atoms with Gasteiger partial charge in [-0.05, 0) is 12.1 Å². The highest BCUT2D eigenvalue weighted by molar-refractivity contribution is 5.64. The molecule has 3 N–H and O–H groups in total. The molecule has 0 fully saturated rings. The quantitative estimate of drug-likeness (QED) is 0.650. The van der Waals surface area contributed by atoms with Gasteiger partial charge in [-0.15, -0.1) is 0 Å². The van der Waals surface area contributed by atoms with Gasteiger partial charge in [-0.2, -0.15) is 0 Å². The Hall–Kier alpha value is -3.03. The van der Waals surface area contributed by atoms with Crippen LogP contribution in [-0.4, -0.2) is 16.7 Å². The van der Waals surface area contributed by atoms with Crippen molar-refractivity contribution in [1.29, 1.82) is 0 Å². The number of anilines is 3. The Bertz CT molecular complexity index is 689. The van der Waals surface area contributed by atoms with Crippen molar-refractivity contribution in [3.05, 3.63) is 40.4 Å². The third-order valence-electron chi connectivity index (χ3n) is 2.69. The Balaban J connectivity index is 1.89. The van der Waals surface area contributed by atoms with Gasteiger partial charge in [0.25, 0.3) is 5.69 Å². The minimum atomic E-state index is -0.525. The van der Waals surface area contributed by atoms with Crippen molar-refractivity contribution in [2.75, 3.05) is 17.8 Å². The molecule has 1 aromatic heterocycles. The minimum absolute atomic E-state index is 0.0717. The van der Waals surface area contributed by atoms with Crippen LogP contribution in [0.3, 0.4) is 0 Å². The number of hydrogen-bond acceptors (Lipinski definition) is 7. The summed E-state index contributed by atoms with van der Waals surface area (Å²) in [5, 5.41) is 13.7. The molecule has 1 aromatic carbocycles. The molecule has 8 nitrogen and oxygen atoms in total. The largest absolute Gasteiger partial charge is 0.454 e.